The largest absolute Gasteiger partial charge is 0.481 e. The number of fused-ring (bicyclic) bond motifs is 1. The smallest absolute Gasteiger partial charge is 0.319 e. The van der Waals surface area contributed by atoms with Crippen molar-refractivity contribution < 1.29 is 23.4 Å². The average molecular weight is 391 g/mol. The van der Waals surface area contributed by atoms with Crippen molar-refractivity contribution >= 4 is 0 Å². The standard InChI is InChI=1S/C20H23F2N3O3/c1-27-18-16(8-23-19(24-18)28-2)20(26)4-3-13-10-25(11-17(13)20)9-12-5-14(21)7-15(22)6-12/h5-8,13,17,26H,3-4,9-11H2,1-2H3/t13-,17+,20+/m0/s1. The van der Waals surface area contributed by atoms with E-state index in [-0.39, 0.29) is 17.8 Å². The van der Waals surface area contributed by atoms with E-state index in [0.29, 0.717) is 36.5 Å². The molecule has 2 heterocycles. The number of halogens is 2. The summed E-state index contributed by atoms with van der Waals surface area (Å²) in [4.78, 5) is 10.5. The van der Waals surface area contributed by atoms with Crippen LogP contribution in [-0.2, 0) is 12.1 Å². The minimum absolute atomic E-state index is 0.0307. The summed E-state index contributed by atoms with van der Waals surface area (Å²) in [6.07, 6.45) is 3.01. The monoisotopic (exact) mass is 391 g/mol. The Morgan fingerprint density at radius 3 is 2.61 bits per heavy atom. The van der Waals surface area contributed by atoms with Crippen LogP contribution in [0.5, 0.6) is 11.9 Å². The summed E-state index contributed by atoms with van der Waals surface area (Å²) in [5.41, 5.74) is 0.0397. The number of hydrogen-bond acceptors (Lipinski definition) is 6. The van der Waals surface area contributed by atoms with Crippen LogP contribution in [0.3, 0.4) is 0 Å². The fourth-order valence-corrected chi connectivity index (χ4v) is 4.71. The molecule has 2 aromatic rings. The predicted molar refractivity (Wildman–Crippen MR) is 96.9 cm³/mol. The van der Waals surface area contributed by atoms with Gasteiger partial charge in [0.15, 0.2) is 0 Å². The molecule has 3 atom stereocenters. The third-order valence-electron chi connectivity index (χ3n) is 5.93. The zero-order valence-corrected chi connectivity index (χ0v) is 15.9. The Labute approximate surface area is 162 Å². The van der Waals surface area contributed by atoms with Crippen molar-refractivity contribution in [3.8, 4) is 11.9 Å². The molecule has 1 aliphatic heterocycles. The lowest BCUT2D eigenvalue weighted by atomic mass is 9.83. The van der Waals surface area contributed by atoms with Crippen molar-refractivity contribution in [2.75, 3.05) is 27.3 Å². The minimum atomic E-state index is -1.11. The number of rotatable bonds is 5. The Bertz CT molecular complexity index is 862. The first-order valence-electron chi connectivity index (χ1n) is 9.28. The molecule has 2 fully saturated rings. The van der Waals surface area contributed by atoms with Crippen molar-refractivity contribution in [3.05, 3.63) is 47.2 Å². The molecule has 28 heavy (non-hydrogen) atoms. The van der Waals surface area contributed by atoms with Gasteiger partial charge in [-0.25, -0.2) is 13.8 Å². The van der Waals surface area contributed by atoms with E-state index in [2.05, 4.69) is 14.9 Å². The maximum atomic E-state index is 13.5. The highest BCUT2D eigenvalue weighted by Crippen LogP contribution is 2.52. The van der Waals surface area contributed by atoms with Crippen LogP contribution in [0.2, 0.25) is 0 Å². The fourth-order valence-electron chi connectivity index (χ4n) is 4.71. The zero-order chi connectivity index (χ0) is 19.9. The van der Waals surface area contributed by atoms with Crippen LogP contribution in [-0.4, -0.2) is 47.3 Å². The van der Waals surface area contributed by atoms with Crippen LogP contribution >= 0.6 is 0 Å². The number of aliphatic hydroxyl groups is 1. The van der Waals surface area contributed by atoms with Gasteiger partial charge in [0.1, 0.15) is 17.2 Å². The molecule has 1 saturated carbocycles. The lowest BCUT2D eigenvalue weighted by Gasteiger charge is -2.31. The van der Waals surface area contributed by atoms with Gasteiger partial charge in [0, 0.05) is 37.8 Å². The Balaban J connectivity index is 1.56. The second-order valence-electron chi connectivity index (χ2n) is 7.58. The van der Waals surface area contributed by atoms with Crippen LogP contribution < -0.4 is 9.47 Å². The molecule has 1 N–H and O–H groups in total. The quantitative estimate of drug-likeness (QED) is 0.845. The second kappa shape index (κ2) is 7.25. The predicted octanol–water partition coefficient (Wildman–Crippen LogP) is 2.50. The van der Waals surface area contributed by atoms with Gasteiger partial charge < -0.3 is 14.6 Å². The number of methoxy groups -OCH3 is 2. The van der Waals surface area contributed by atoms with E-state index in [4.69, 9.17) is 9.47 Å². The second-order valence-corrected chi connectivity index (χ2v) is 7.58. The minimum Gasteiger partial charge on any atom is -0.481 e. The SMILES string of the molecule is COc1ncc([C@]2(O)CC[C@H]3CN(Cc4cc(F)cc(F)c4)C[C@H]32)c(OC)n1. The van der Waals surface area contributed by atoms with Gasteiger partial charge in [-0.1, -0.05) is 0 Å². The first kappa shape index (κ1) is 19.0. The summed E-state index contributed by atoms with van der Waals surface area (Å²) in [6.45, 7) is 1.83. The summed E-state index contributed by atoms with van der Waals surface area (Å²) in [5.74, 6) is -0.593. The average Bonchev–Trinajstić information content (AvgIpc) is 3.20. The Hall–Kier alpha value is -2.32. The van der Waals surface area contributed by atoms with Gasteiger partial charge in [-0.3, -0.25) is 4.90 Å². The molecule has 0 radical (unpaired) electrons. The maximum Gasteiger partial charge on any atom is 0.319 e. The van der Waals surface area contributed by atoms with E-state index in [0.717, 1.165) is 19.0 Å². The summed E-state index contributed by atoms with van der Waals surface area (Å²) >= 11 is 0. The molecule has 2 aliphatic rings. The number of likely N-dealkylation sites (tertiary alicyclic amines) is 1. The molecule has 1 saturated heterocycles. The summed E-state index contributed by atoms with van der Waals surface area (Å²) < 4.78 is 37.4. The lowest BCUT2D eigenvalue weighted by Crippen LogP contribution is -2.35. The number of aromatic nitrogens is 2. The van der Waals surface area contributed by atoms with E-state index < -0.39 is 17.2 Å². The first-order valence-corrected chi connectivity index (χ1v) is 9.28. The van der Waals surface area contributed by atoms with Gasteiger partial charge in [-0.2, -0.15) is 4.98 Å². The number of nitrogens with zero attached hydrogens (tertiary/aromatic N) is 3. The molecule has 1 aliphatic carbocycles. The van der Waals surface area contributed by atoms with Crippen LogP contribution in [0.25, 0.3) is 0 Å². The Morgan fingerprint density at radius 2 is 1.93 bits per heavy atom. The van der Waals surface area contributed by atoms with Gasteiger partial charge in [0.25, 0.3) is 0 Å². The molecule has 8 heteroatoms. The number of benzene rings is 1. The molecule has 0 spiro atoms. The normalized spacial score (nSPS) is 27.0. The van der Waals surface area contributed by atoms with Crippen molar-refractivity contribution in [3.63, 3.8) is 0 Å². The van der Waals surface area contributed by atoms with Crippen molar-refractivity contribution in [1.82, 2.24) is 14.9 Å². The van der Waals surface area contributed by atoms with Gasteiger partial charge in [-0.05, 0) is 36.5 Å². The Morgan fingerprint density at radius 1 is 1.18 bits per heavy atom. The molecule has 0 unspecified atom stereocenters. The van der Waals surface area contributed by atoms with Crippen molar-refractivity contribution in [2.24, 2.45) is 11.8 Å². The fraction of sp³-hybridized carbons (Fsp3) is 0.500. The number of ether oxygens (including phenoxy) is 2. The van der Waals surface area contributed by atoms with Crippen LogP contribution in [0.15, 0.2) is 24.4 Å². The van der Waals surface area contributed by atoms with Crippen LogP contribution in [0.4, 0.5) is 8.78 Å². The highest BCUT2D eigenvalue weighted by Gasteiger charge is 2.53. The highest BCUT2D eigenvalue weighted by atomic mass is 19.1. The first-order chi connectivity index (χ1) is 13.4. The summed E-state index contributed by atoms with van der Waals surface area (Å²) in [5, 5.41) is 11.5. The molecule has 1 aromatic heterocycles. The Kier molecular flexibility index (Phi) is 4.93. The molecular formula is C20H23F2N3O3. The molecule has 0 bridgehead atoms. The van der Waals surface area contributed by atoms with Gasteiger partial charge in [-0.15, -0.1) is 0 Å². The molecule has 6 nitrogen and oxygen atoms in total. The zero-order valence-electron chi connectivity index (χ0n) is 15.9. The lowest BCUT2D eigenvalue weighted by molar-refractivity contribution is -0.00973. The van der Waals surface area contributed by atoms with E-state index in [1.807, 2.05) is 0 Å². The molecule has 150 valence electrons. The molecule has 1 aromatic carbocycles. The molecule has 4 rings (SSSR count). The van der Waals surface area contributed by atoms with E-state index >= 15 is 0 Å². The van der Waals surface area contributed by atoms with Crippen LogP contribution in [0, 0.1) is 23.5 Å². The third-order valence-corrected chi connectivity index (χ3v) is 5.93. The van der Waals surface area contributed by atoms with E-state index in [9.17, 15) is 13.9 Å². The maximum absolute atomic E-state index is 13.5. The molecule has 0 amide bonds. The van der Waals surface area contributed by atoms with E-state index in [1.165, 1.54) is 26.4 Å². The van der Waals surface area contributed by atoms with Gasteiger partial charge in [0.05, 0.1) is 19.8 Å². The molecular weight excluding hydrogens is 368 g/mol. The number of hydrogen-bond donors (Lipinski definition) is 1. The van der Waals surface area contributed by atoms with Gasteiger partial charge >= 0.3 is 6.01 Å². The van der Waals surface area contributed by atoms with Crippen molar-refractivity contribution in [2.45, 2.75) is 25.0 Å². The van der Waals surface area contributed by atoms with Crippen molar-refractivity contribution in [1.29, 1.82) is 0 Å². The highest BCUT2D eigenvalue weighted by molar-refractivity contribution is 5.34. The van der Waals surface area contributed by atoms with Gasteiger partial charge in [0.2, 0.25) is 5.88 Å². The van der Waals surface area contributed by atoms with E-state index in [1.54, 1.807) is 6.20 Å². The van der Waals surface area contributed by atoms with Crippen LogP contribution in [0.1, 0.15) is 24.0 Å². The topological polar surface area (TPSA) is 67.7 Å². The summed E-state index contributed by atoms with van der Waals surface area (Å²) in [6, 6.07) is 3.75. The summed E-state index contributed by atoms with van der Waals surface area (Å²) in [7, 11) is 2.97. The third kappa shape index (κ3) is 3.31.